The van der Waals surface area contributed by atoms with Crippen LogP contribution in [0.25, 0.3) is 10.9 Å². The van der Waals surface area contributed by atoms with Crippen LogP contribution in [0.4, 0.5) is 11.4 Å². The molecular weight excluding hydrogens is 612 g/mol. The molecule has 46 heavy (non-hydrogen) atoms. The molecule has 1 amide bonds. The number of benzene rings is 3. The lowest BCUT2D eigenvalue weighted by Crippen LogP contribution is -2.33. The second-order valence-corrected chi connectivity index (χ2v) is 12.5. The van der Waals surface area contributed by atoms with Crippen LogP contribution in [0.5, 0.6) is 0 Å². The van der Waals surface area contributed by atoms with E-state index in [4.69, 9.17) is 6.42 Å². The van der Waals surface area contributed by atoms with Gasteiger partial charge >= 0.3 is 0 Å². The van der Waals surface area contributed by atoms with Gasteiger partial charge in [-0.1, -0.05) is 18.1 Å². The standard InChI is InChI=1S/C31H28N8O6S/c1-4-12-38(16-23-15-26-27(13-19(23)2)34-20(3)35-30(26)41)24-10-8-21(9-11-24)29(40)36-28(17-46(44,45)31-32-18-33-37-31)22-6-5-7-25(14-22)39(42)43/h1,5-11,13-15,18,28H,12,16-17H2,2-3H3,(H,36,40)(H,32,33,37)(H,34,35,41). The van der Waals surface area contributed by atoms with Gasteiger partial charge in [-0.2, -0.15) is 5.10 Å². The molecule has 0 radical (unpaired) electrons. The van der Waals surface area contributed by atoms with E-state index in [2.05, 4.69) is 36.4 Å². The number of carbonyl (C=O) groups excluding carboxylic acids is 1. The predicted octanol–water partition coefficient (Wildman–Crippen LogP) is 3.15. The zero-order valence-corrected chi connectivity index (χ0v) is 25.5. The van der Waals surface area contributed by atoms with Crippen LogP contribution in [-0.2, 0) is 16.4 Å². The number of nitro benzene ring substituents is 1. The Morgan fingerprint density at radius 3 is 2.59 bits per heavy atom. The van der Waals surface area contributed by atoms with Crippen molar-refractivity contribution < 1.29 is 18.1 Å². The Hall–Kier alpha value is -5.88. The number of hydrogen-bond acceptors (Lipinski definition) is 10. The first-order valence-electron chi connectivity index (χ1n) is 13.9. The SMILES string of the molecule is C#CCN(Cc1cc2c(=O)[nH]c(C)nc2cc1C)c1ccc(C(=O)NC(CS(=O)(=O)c2ncn[nH]2)c2cccc([N+](=O)[O-])c2)cc1. The Balaban J connectivity index is 1.39. The molecule has 0 aliphatic carbocycles. The number of fused-ring (bicyclic) bond motifs is 1. The second kappa shape index (κ2) is 13.0. The number of carbonyl (C=O) groups is 1. The fraction of sp³-hybridized carbons (Fsp3) is 0.194. The van der Waals surface area contributed by atoms with E-state index in [9.17, 15) is 28.1 Å². The van der Waals surface area contributed by atoms with Crippen molar-refractivity contribution in [3.8, 4) is 12.3 Å². The largest absolute Gasteiger partial charge is 0.356 e. The summed E-state index contributed by atoms with van der Waals surface area (Å²) in [5.74, 6) is 1.92. The number of rotatable bonds is 11. The number of amides is 1. The minimum atomic E-state index is -4.07. The van der Waals surface area contributed by atoms with E-state index in [1.165, 1.54) is 24.3 Å². The zero-order valence-electron chi connectivity index (χ0n) is 24.7. The number of terminal acetylenes is 1. The van der Waals surface area contributed by atoms with Crippen LogP contribution in [0.15, 0.2) is 76.9 Å². The number of nitrogens with zero attached hydrogens (tertiary/aromatic N) is 5. The van der Waals surface area contributed by atoms with Crippen molar-refractivity contribution in [2.24, 2.45) is 0 Å². The molecule has 0 bridgehead atoms. The number of nitro groups is 1. The van der Waals surface area contributed by atoms with Crippen molar-refractivity contribution in [1.82, 2.24) is 30.5 Å². The molecule has 1 atom stereocenters. The molecule has 3 aromatic carbocycles. The smallest absolute Gasteiger partial charge is 0.269 e. The number of non-ortho nitro benzene ring substituents is 1. The van der Waals surface area contributed by atoms with Gasteiger partial charge in [-0.05, 0) is 66.9 Å². The fourth-order valence-corrected chi connectivity index (χ4v) is 6.23. The Labute approximate surface area is 263 Å². The van der Waals surface area contributed by atoms with E-state index in [-0.39, 0.29) is 28.9 Å². The number of hydrogen-bond donors (Lipinski definition) is 3. The molecule has 234 valence electrons. The Morgan fingerprint density at radius 1 is 1.15 bits per heavy atom. The summed E-state index contributed by atoms with van der Waals surface area (Å²) in [6.07, 6.45) is 6.71. The average Bonchev–Trinajstić information content (AvgIpc) is 3.58. The van der Waals surface area contributed by atoms with Crippen LogP contribution < -0.4 is 15.8 Å². The lowest BCUT2D eigenvalue weighted by atomic mass is 10.0. The van der Waals surface area contributed by atoms with Gasteiger partial charge < -0.3 is 15.2 Å². The van der Waals surface area contributed by atoms with Gasteiger partial charge in [0, 0.05) is 29.9 Å². The number of anilines is 1. The first-order chi connectivity index (χ1) is 21.9. The molecule has 0 saturated heterocycles. The van der Waals surface area contributed by atoms with Crippen molar-refractivity contribution in [3.05, 3.63) is 116 Å². The highest BCUT2D eigenvalue weighted by molar-refractivity contribution is 7.91. The number of aryl methyl sites for hydroxylation is 2. The molecule has 0 aliphatic rings. The van der Waals surface area contributed by atoms with Crippen LogP contribution in [0, 0.1) is 36.3 Å². The summed E-state index contributed by atoms with van der Waals surface area (Å²) in [7, 11) is -4.07. The van der Waals surface area contributed by atoms with Gasteiger partial charge in [0.15, 0.2) is 0 Å². The molecule has 0 aliphatic heterocycles. The number of H-pyrrole nitrogens is 2. The summed E-state index contributed by atoms with van der Waals surface area (Å²) in [6.45, 7) is 4.25. The van der Waals surface area contributed by atoms with Crippen LogP contribution in [0.3, 0.4) is 0 Å². The van der Waals surface area contributed by atoms with E-state index in [0.717, 1.165) is 17.5 Å². The molecule has 0 fully saturated rings. The lowest BCUT2D eigenvalue weighted by molar-refractivity contribution is -0.384. The van der Waals surface area contributed by atoms with E-state index < -0.39 is 37.6 Å². The first-order valence-corrected chi connectivity index (χ1v) is 15.5. The Kier molecular flexibility index (Phi) is 8.92. The highest BCUT2D eigenvalue weighted by Crippen LogP contribution is 2.25. The minimum absolute atomic E-state index is 0.215. The molecule has 14 nitrogen and oxygen atoms in total. The Morgan fingerprint density at radius 2 is 1.91 bits per heavy atom. The first kappa shape index (κ1) is 31.5. The van der Waals surface area contributed by atoms with Crippen LogP contribution >= 0.6 is 0 Å². The fourth-order valence-electron chi connectivity index (χ4n) is 4.96. The maximum absolute atomic E-state index is 13.4. The molecule has 2 heterocycles. The van der Waals surface area contributed by atoms with Crippen LogP contribution in [-0.4, -0.2) is 56.7 Å². The van der Waals surface area contributed by atoms with E-state index in [0.29, 0.717) is 29.0 Å². The molecule has 5 rings (SSSR count). The molecule has 1 unspecified atom stereocenters. The number of nitrogens with one attached hydrogen (secondary N) is 3. The average molecular weight is 641 g/mol. The summed E-state index contributed by atoms with van der Waals surface area (Å²) < 4.78 is 26.0. The summed E-state index contributed by atoms with van der Waals surface area (Å²) >= 11 is 0. The molecule has 3 N–H and O–H groups in total. The predicted molar refractivity (Wildman–Crippen MR) is 170 cm³/mol. The highest BCUT2D eigenvalue weighted by Gasteiger charge is 2.28. The van der Waals surface area contributed by atoms with E-state index >= 15 is 0 Å². The number of aromatic amines is 2. The molecule has 0 spiro atoms. The van der Waals surface area contributed by atoms with Crippen molar-refractivity contribution in [2.75, 3.05) is 17.2 Å². The van der Waals surface area contributed by atoms with Crippen molar-refractivity contribution in [1.29, 1.82) is 0 Å². The summed E-state index contributed by atoms with van der Waals surface area (Å²) in [4.78, 5) is 49.4. The third-order valence-corrected chi connectivity index (χ3v) is 8.84. The van der Waals surface area contributed by atoms with Gasteiger partial charge in [0.2, 0.25) is 15.0 Å². The maximum atomic E-state index is 13.4. The summed E-state index contributed by atoms with van der Waals surface area (Å²) in [5.41, 5.74) is 3.03. The van der Waals surface area contributed by atoms with Crippen molar-refractivity contribution in [3.63, 3.8) is 0 Å². The van der Waals surface area contributed by atoms with Gasteiger partial charge in [0.1, 0.15) is 12.2 Å². The van der Waals surface area contributed by atoms with Crippen LogP contribution in [0.2, 0.25) is 0 Å². The number of aromatic nitrogens is 5. The maximum Gasteiger partial charge on any atom is 0.269 e. The topological polar surface area (TPSA) is 197 Å². The molecule has 15 heteroatoms. The van der Waals surface area contributed by atoms with Crippen LogP contribution in [0.1, 0.15) is 38.9 Å². The minimum Gasteiger partial charge on any atom is -0.356 e. The van der Waals surface area contributed by atoms with Gasteiger partial charge in [-0.15, -0.1) is 6.42 Å². The second-order valence-electron chi connectivity index (χ2n) is 10.5. The third-order valence-electron chi connectivity index (χ3n) is 7.28. The van der Waals surface area contributed by atoms with Gasteiger partial charge in [0.05, 0.1) is 34.2 Å². The Bertz CT molecular complexity index is 2140. The van der Waals surface area contributed by atoms with Gasteiger partial charge in [-0.3, -0.25) is 24.8 Å². The molecule has 0 saturated carbocycles. The lowest BCUT2D eigenvalue weighted by Gasteiger charge is -2.24. The van der Waals surface area contributed by atoms with E-state index in [1.54, 1.807) is 37.3 Å². The zero-order chi connectivity index (χ0) is 33.0. The molecule has 2 aromatic heterocycles. The number of sulfone groups is 1. The quantitative estimate of drug-likeness (QED) is 0.110. The third kappa shape index (κ3) is 6.92. The summed E-state index contributed by atoms with van der Waals surface area (Å²) in [6, 6.07) is 14.4. The van der Waals surface area contributed by atoms with Gasteiger partial charge in [-0.25, -0.2) is 18.4 Å². The normalized spacial score (nSPS) is 11.9. The van der Waals surface area contributed by atoms with Gasteiger partial charge in [0.25, 0.3) is 17.2 Å². The monoisotopic (exact) mass is 640 g/mol. The molecule has 5 aromatic rings. The van der Waals surface area contributed by atoms with Crippen molar-refractivity contribution in [2.45, 2.75) is 31.6 Å². The summed E-state index contributed by atoms with van der Waals surface area (Å²) in [5, 5.41) is 20.0. The van der Waals surface area contributed by atoms with E-state index in [1.807, 2.05) is 17.9 Å². The highest BCUT2D eigenvalue weighted by atomic mass is 32.2. The van der Waals surface area contributed by atoms with Crippen molar-refractivity contribution >= 4 is 38.0 Å². The molecular formula is C31H28N8O6S.